The van der Waals surface area contributed by atoms with Crippen LogP contribution in [0.1, 0.15) is 29.9 Å². The highest BCUT2D eigenvalue weighted by Crippen LogP contribution is 2.08. The predicted molar refractivity (Wildman–Crippen MR) is 86.2 cm³/mol. The van der Waals surface area contributed by atoms with E-state index in [1.165, 1.54) is 5.56 Å². The lowest BCUT2D eigenvalue weighted by atomic mass is 10.2. The van der Waals surface area contributed by atoms with Crippen LogP contribution < -0.4 is 5.32 Å². The maximum atomic E-state index is 12.1. The van der Waals surface area contributed by atoms with Crippen molar-refractivity contribution in [3.63, 3.8) is 0 Å². The zero-order valence-corrected chi connectivity index (χ0v) is 13.4. The van der Waals surface area contributed by atoms with Crippen LogP contribution in [0.3, 0.4) is 0 Å². The minimum atomic E-state index is -0.189. The van der Waals surface area contributed by atoms with E-state index in [0.29, 0.717) is 12.2 Å². The fraction of sp³-hybridized carbons (Fsp3) is 0.438. The van der Waals surface area contributed by atoms with E-state index >= 15 is 0 Å². The fourth-order valence-electron chi connectivity index (χ4n) is 2.15. The number of nitrogens with one attached hydrogen (secondary N) is 1. The van der Waals surface area contributed by atoms with Crippen LogP contribution in [0.2, 0.25) is 0 Å². The molecule has 2 rings (SSSR count). The number of hydrogen-bond donors (Lipinski definition) is 1. The number of amides is 1. The molecule has 0 aliphatic carbocycles. The van der Waals surface area contributed by atoms with E-state index in [1.54, 1.807) is 10.9 Å². The minimum absolute atomic E-state index is 0.189. The van der Waals surface area contributed by atoms with Gasteiger partial charge in [-0.2, -0.15) is 0 Å². The molecule has 0 radical (unpaired) electrons. The summed E-state index contributed by atoms with van der Waals surface area (Å²) in [6, 6.07) is 7.90. The van der Waals surface area contributed by atoms with Gasteiger partial charge < -0.3 is 10.2 Å². The van der Waals surface area contributed by atoms with Gasteiger partial charge in [0.25, 0.3) is 5.91 Å². The molecule has 1 aromatic carbocycles. The van der Waals surface area contributed by atoms with Gasteiger partial charge in [-0.25, -0.2) is 4.68 Å². The van der Waals surface area contributed by atoms with Crippen LogP contribution in [-0.4, -0.2) is 52.0 Å². The molecule has 0 aliphatic heterocycles. The highest BCUT2D eigenvalue weighted by Gasteiger charge is 2.11. The largest absolute Gasteiger partial charge is 0.349 e. The molecule has 1 heterocycles. The number of hydrogen-bond acceptors (Lipinski definition) is 4. The molecule has 6 heteroatoms. The number of carbonyl (C=O) groups is 1. The van der Waals surface area contributed by atoms with Crippen molar-refractivity contribution in [1.29, 1.82) is 0 Å². The summed E-state index contributed by atoms with van der Waals surface area (Å²) in [5.74, 6) is -0.189. The molecule has 0 aliphatic rings. The zero-order valence-electron chi connectivity index (χ0n) is 13.4. The Morgan fingerprint density at radius 3 is 2.55 bits per heavy atom. The summed E-state index contributed by atoms with van der Waals surface area (Å²) in [6.07, 6.45) is 1.65. The van der Waals surface area contributed by atoms with E-state index in [1.807, 2.05) is 31.2 Å². The van der Waals surface area contributed by atoms with Crippen LogP contribution in [-0.2, 0) is 0 Å². The molecule has 0 saturated carbocycles. The summed E-state index contributed by atoms with van der Waals surface area (Å²) in [7, 11) is 0. The normalized spacial score (nSPS) is 10.9. The molecule has 0 bridgehead atoms. The Kier molecular flexibility index (Phi) is 5.66. The van der Waals surface area contributed by atoms with Crippen LogP contribution in [0.25, 0.3) is 5.69 Å². The van der Waals surface area contributed by atoms with E-state index in [4.69, 9.17) is 0 Å². The van der Waals surface area contributed by atoms with Gasteiger partial charge >= 0.3 is 0 Å². The molecule has 1 amide bonds. The second-order valence-corrected chi connectivity index (χ2v) is 5.17. The Balaban J connectivity index is 1.93. The maximum Gasteiger partial charge on any atom is 0.273 e. The third-order valence-electron chi connectivity index (χ3n) is 3.63. The van der Waals surface area contributed by atoms with Crippen molar-refractivity contribution in [1.82, 2.24) is 25.2 Å². The SMILES string of the molecule is CCN(CC)CCNC(=O)c1cn(-c2ccc(C)cc2)nn1. The van der Waals surface area contributed by atoms with Crippen molar-refractivity contribution < 1.29 is 4.79 Å². The summed E-state index contributed by atoms with van der Waals surface area (Å²) in [5, 5.41) is 10.8. The number of aryl methyl sites for hydroxylation is 1. The van der Waals surface area contributed by atoms with Crippen LogP contribution >= 0.6 is 0 Å². The van der Waals surface area contributed by atoms with E-state index in [0.717, 1.165) is 25.3 Å². The number of carbonyl (C=O) groups excluding carboxylic acids is 1. The molecule has 0 spiro atoms. The molecular weight excluding hydrogens is 278 g/mol. The third kappa shape index (κ3) is 4.14. The first-order valence-corrected chi connectivity index (χ1v) is 7.64. The maximum absolute atomic E-state index is 12.1. The fourth-order valence-corrected chi connectivity index (χ4v) is 2.15. The first-order chi connectivity index (χ1) is 10.6. The zero-order chi connectivity index (χ0) is 15.9. The Labute approximate surface area is 131 Å². The molecule has 0 saturated heterocycles. The van der Waals surface area contributed by atoms with Crippen LogP contribution in [0, 0.1) is 6.92 Å². The number of rotatable bonds is 7. The lowest BCUT2D eigenvalue weighted by molar-refractivity contribution is 0.0944. The molecule has 1 aromatic heterocycles. The molecule has 6 nitrogen and oxygen atoms in total. The quantitative estimate of drug-likeness (QED) is 0.844. The lowest BCUT2D eigenvalue weighted by Gasteiger charge is -2.17. The number of benzene rings is 1. The Morgan fingerprint density at radius 2 is 1.91 bits per heavy atom. The van der Waals surface area contributed by atoms with Crippen LogP contribution in [0.5, 0.6) is 0 Å². The molecule has 2 aromatic rings. The van der Waals surface area contributed by atoms with Gasteiger partial charge in [0.05, 0.1) is 11.9 Å². The van der Waals surface area contributed by atoms with Gasteiger partial charge in [0, 0.05) is 13.1 Å². The lowest BCUT2D eigenvalue weighted by Crippen LogP contribution is -2.34. The number of likely N-dealkylation sites (N-methyl/N-ethyl adjacent to an activating group) is 1. The Morgan fingerprint density at radius 1 is 1.23 bits per heavy atom. The molecule has 0 atom stereocenters. The summed E-state index contributed by atoms with van der Waals surface area (Å²) in [4.78, 5) is 14.3. The molecule has 0 fully saturated rings. The highest BCUT2D eigenvalue weighted by molar-refractivity contribution is 5.91. The van der Waals surface area contributed by atoms with Crippen LogP contribution in [0.15, 0.2) is 30.5 Å². The van der Waals surface area contributed by atoms with E-state index in [-0.39, 0.29) is 5.91 Å². The Bertz CT molecular complexity index is 601. The first-order valence-electron chi connectivity index (χ1n) is 7.64. The first kappa shape index (κ1) is 16.2. The number of nitrogens with zero attached hydrogens (tertiary/aromatic N) is 4. The summed E-state index contributed by atoms with van der Waals surface area (Å²) in [6.45, 7) is 9.66. The van der Waals surface area contributed by atoms with Crippen molar-refractivity contribution >= 4 is 5.91 Å². The van der Waals surface area contributed by atoms with E-state index < -0.39 is 0 Å². The molecule has 22 heavy (non-hydrogen) atoms. The highest BCUT2D eigenvalue weighted by atomic mass is 16.2. The third-order valence-corrected chi connectivity index (χ3v) is 3.63. The molecular formula is C16H23N5O. The number of aromatic nitrogens is 3. The van der Waals surface area contributed by atoms with Crippen molar-refractivity contribution in [2.45, 2.75) is 20.8 Å². The van der Waals surface area contributed by atoms with Gasteiger partial charge in [-0.1, -0.05) is 36.8 Å². The molecule has 0 unspecified atom stereocenters. The van der Waals surface area contributed by atoms with Gasteiger partial charge in [-0.3, -0.25) is 4.79 Å². The van der Waals surface area contributed by atoms with E-state index in [9.17, 15) is 4.79 Å². The van der Waals surface area contributed by atoms with Gasteiger partial charge in [0.1, 0.15) is 0 Å². The molecule has 1 N–H and O–H groups in total. The van der Waals surface area contributed by atoms with Crippen molar-refractivity contribution in [3.8, 4) is 5.69 Å². The standard InChI is InChI=1S/C16H23N5O/c1-4-20(5-2)11-10-17-16(22)15-12-21(19-18-15)14-8-6-13(3)7-9-14/h6-9,12H,4-5,10-11H2,1-3H3,(H,17,22). The summed E-state index contributed by atoms with van der Waals surface area (Å²) >= 11 is 0. The monoisotopic (exact) mass is 301 g/mol. The van der Waals surface area contributed by atoms with Gasteiger partial charge in [0.2, 0.25) is 0 Å². The minimum Gasteiger partial charge on any atom is -0.349 e. The van der Waals surface area contributed by atoms with Gasteiger partial charge in [0.15, 0.2) is 5.69 Å². The van der Waals surface area contributed by atoms with Gasteiger partial charge in [-0.15, -0.1) is 5.10 Å². The second-order valence-electron chi connectivity index (χ2n) is 5.17. The van der Waals surface area contributed by atoms with Crippen molar-refractivity contribution in [2.75, 3.05) is 26.2 Å². The second kappa shape index (κ2) is 7.70. The topological polar surface area (TPSA) is 63.1 Å². The molecule has 118 valence electrons. The van der Waals surface area contributed by atoms with Crippen molar-refractivity contribution in [3.05, 3.63) is 41.7 Å². The summed E-state index contributed by atoms with van der Waals surface area (Å²) < 4.78 is 1.61. The summed E-state index contributed by atoms with van der Waals surface area (Å²) in [5.41, 5.74) is 2.40. The smallest absolute Gasteiger partial charge is 0.273 e. The predicted octanol–water partition coefficient (Wildman–Crippen LogP) is 1.65. The van der Waals surface area contributed by atoms with Crippen LogP contribution in [0.4, 0.5) is 0 Å². The average molecular weight is 301 g/mol. The average Bonchev–Trinajstić information content (AvgIpc) is 3.02. The van der Waals surface area contributed by atoms with Crippen molar-refractivity contribution in [2.24, 2.45) is 0 Å². The van der Waals surface area contributed by atoms with Gasteiger partial charge in [-0.05, 0) is 32.1 Å². The van der Waals surface area contributed by atoms with E-state index in [2.05, 4.69) is 34.4 Å². The Hall–Kier alpha value is -2.21.